The van der Waals surface area contributed by atoms with Gasteiger partial charge in [-0.05, 0) is 43.4 Å². The standard InChI is InChI=1S/C25H34N2O2S/c1-4-5-16-26-25(29)21(3)27(17-15-22-12-7-6-8-13-22)24(28)19-30-18-23-14-10-9-11-20(23)2/h6-14,21H,4-5,15-19H2,1-3H3,(H,26,29). The Kier molecular flexibility index (Phi) is 10.5. The van der Waals surface area contributed by atoms with E-state index >= 15 is 0 Å². The molecular weight excluding hydrogens is 392 g/mol. The Morgan fingerprint density at radius 1 is 1.07 bits per heavy atom. The van der Waals surface area contributed by atoms with Crippen LogP contribution < -0.4 is 5.32 Å². The van der Waals surface area contributed by atoms with Gasteiger partial charge in [0.05, 0.1) is 5.75 Å². The molecule has 2 aromatic carbocycles. The molecule has 4 nitrogen and oxygen atoms in total. The zero-order valence-corrected chi connectivity index (χ0v) is 19.2. The summed E-state index contributed by atoms with van der Waals surface area (Å²) in [5, 5.41) is 2.97. The highest BCUT2D eigenvalue weighted by Crippen LogP contribution is 2.17. The number of hydrogen-bond acceptors (Lipinski definition) is 3. The van der Waals surface area contributed by atoms with Gasteiger partial charge >= 0.3 is 0 Å². The van der Waals surface area contributed by atoms with Crippen molar-refractivity contribution in [3.05, 3.63) is 71.3 Å². The average molecular weight is 427 g/mol. The molecule has 2 amide bonds. The zero-order chi connectivity index (χ0) is 21.8. The maximum absolute atomic E-state index is 13.0. The highest BCUT2D eigenvalue weighted by atomic mass is 32.2. The van der Waals surface area contributed by atoms with Crippen molar-refractivity contribution in [1.82, 2.24) is 10.2 Å². The third-order valence-electron chi connectivity index (χ3n) is 5.23. The first-order valence-corrected chi connectivity index (χ1v) is 11.9. The molecule has 1 atom stereocenters. The number of aryl methyl sites for hydroxylation is 1. The molecule has 0 aliphatic carbocycles. The van der Waals surface area contributed by atoms with Gasteiger partial charge in [0.25, 0.3) is 0 Å². The van der Waals surface area contributed by atoms with Crippen molar-refractivity contribution >= 4 is 23.6 Å². The number of rotatable bonds is 12. The lowest BCUT2D eigenvalue weighted by Gasteiger charge is -2.28. The van der Waals surface area contributed by atoms with E-state index in [0.717, 1.165) is 25.0 Å². The Balaban J connectivity index is 1.98. The normalized spacial score (nSPS) is 11.7. The minimum atomic E-state index is -0.475. The molecule has 0 spiro atoms. The molecule has 0 aliphatic rings. The summed E-state index contributed by atoms with van der Waals surface area (Å²) in [7, 11) is 0. The number of carbonyl (C=O) groups excluding carboxylic acids is 2. The first kappa shape index (κ1) is 24.0. The Hall–Kier alpha value is -2.27. The van der Waals surface area contributed by atoms with E-state index in [1.54, 1.807) is 16.7 Å². The maximum atomic E-state index is 13.0. The van der Waals surface area contributed by atoms with Gasteiger partial charge in [-0.25, -0.2) is 0 Å². The van der Waals surface area contributed by atoms with Gasteiger partial charge in [-0.3, -0.25) is 9.59 Å². The molecule has 1 unspecified atom stereocenters. The summed E-state index contributed by atoms with van der Waals surface area (Å²) in [4.78, 5) is 27.4. The molecule has 162 valence electrons. The summed E-state index contributed by atoms with van der Waals surface area (Å²) in [6.07, 6.45) is 2.71. The smallest absolute Gasteiger partial charge is 0.242 e. The zero-order valence-electron chi connectivity index (χ0n) is 18.4. The second-order valence-corrected chi connectivity index (χ2v) is 8.55. The molecule has 0 saturated carbocycles. The molecule has 30 heavy (non-hydrogen) atoms. The second kappa shape index (κ2) is 13.1. The molecule has 0 fully saturated rings. The largest absolute Gasteiger partial charge is 0.354 e. The van der Waals surface area contributed by atoms with Crippen LogP contribution in [0.5, 0.6) is 0 Å². The highest BCUT2D eigenvalue weighted by molar-refractivity contribution is 7.99. The van der Waals surface area contributed by atoms with Crippen LogP contribution in [0.2, 0.25) is 0 Å². The van der Waals surface area contributed by atoms with E-state index < -0.39 is 6.04 Å². The predicted octanol–water partition coefficient (Wildman–Crippen LogP) is 4.60. The van der Waals surface area contributed by atoms with Crippen LogP contribution in [0.4, 0.5) is 0 Å². The summed E-state index contributed by atoms with van der Waals surface area (Å²) < 4.78 is 0. The number of unbranched alkanes of at least 4 members (excludes halogenated alkanes) is 1. The van der Waals surface area contributed by atoms with Gasteiger partial charge in [0.2, 0.25) is 11.8 Å². The van der Waals surface area contributed by atoms with Crippen molar-refractivity contribution in [1.29, 1.82) is 0 Å². The number of thioether (sulfide) groups is 1. The summed E-state index contributed by atoms with van der Waals surface area (Å²) in [6, 6.07) is 17.9. The summed E-state index contributed by atoms with van der Waals surface area (Å²) in [5.74, 6) is 1.11. The van der Waals surface area contributed by atoms with Crippen molar-refractivity contribution in [2.75, 3.05) is 18.8 Å². The van der Waals surface area contributed by atoms with Gasteiger partial charge in [-0.2, -0.15) is 0 Å². The Morgan fingerprint density at radius 2 is 1.77 bits per heavy atom. The predicted molar refractivity (Wildman–Crippen MR) is 127 cm³/mol. The monoisotopic (exact) mass is 426 g/mol. The fraction of sp³-hybridized carbons (Fsp3) is 0.440. The molecule has 1 N–H and O–H groups in total. The van der Waals surface area contributed by atoms with E-state index in [4.69, 9.17) is 0 Å². The fourth-order valence-electron chi connectivity index (χ4n) is 3.21. The van der Waals surface area contributed by atoms with Crippen molar-refractivity contribution in [3.8, 4) is 0 Å². The quantitative estimate of drug-likeness (QED) is 0.505. The fourth-order valence-corrected chi connectivity index (χ4v) is 4.20. The van der Waals surface area contributed by atoms with Crippen LogP contribution >= 0.6 is 11.8 Å². The minimum absolute atomic E-state index is 0.0163. The second-order valence-electron chi connectivity index (χ2n) is 7.56. The molecule has 2 rings (SSSR count). The Morgan fingerprint density at radius 3 is 2.47 bits per heavy atom. The van der Waals surface area contributed by atoms with Gasteiger partial charge in [0.1, 0.15) is 6.04 Å². The van der Waals surface area contributed by atoms with E-state index in [0.29, 0.717) is 18.8 Å². The van der Waals surface area contributed by atoms with E-state index in [9.17, 15) is 9.59 Å². The average Bonchev–Trinajstić information content (AvgIpc) is 2.76. The van der Waals surface area contributed by atoms with Gasteiger partial charge in [-0.15, -0.1) is 11.8 Å². The number of carbonyl (C=O) groups is 2. The lowest BCUT2D eigenvalue weighted by atomic mass is 10.1. The van der Waals surface area contributed by atoms with Crippen molar-refractivity contribution in [2.45, 2.75) is 51.8 Å². The van der Waals surface area contributed by atoms with Crippen LogP contribution in [0.15, 0.2) is 54.6 Å². The third kappa shape index (κ3) is 7.86. The molecular formula is C25H34N2O2S. The van der Waals surface area contributed by atoms with Crippen LogP contribution in [0.1, 0.15) is 43.4 Å². The van der Waals surface area contributed by atoms with Gasteiger partial charge in [0.15, 0.2) is 0 Å². The Labute approximate surface area is 185 Å². The summed E-state index contributed by atoms with van der Waals surface area (Å²) in [5.41, 5.74) is 3.65. The van der Waals surface area contributed by atoms with Crippen LogP contribution in [-0.2, 0) is 21.8 Å². The SMILES string of the molecule is CCCCNC(=O)C(C)N(CCc1ccccc1)C(=O)CSCc1ccccc1C. The highest BCUT2D eigenvalue weighted by Gasteiger charge is 2.25. The van der Waals surface area contributed by atoms with E-state index in [-0.39, 0.29) is 11.8 Å². The number of nitrogens with zero attached hydrogens (tertiary/aromatic N) is 1. The Bertz CT molecular complexity index is 795. The molecule has 0 heterocycles. The summed E-state index contributed by atoms with van der Waals surface area (Å²) >= 11 is 1.61. The van der Waals surface area contributed by atoms with Gasteiger partial charge in [-0.1, -0.05) is 67.9 Å². The lowest BCUT2D eigenvalue weighted by molar-refractivity contribution is -0.137. The molecule has 0 aliphatic heterocycles. The number of amides is 2. The molecule has 0 aromatic heterocycles. The van der Waals surface area contributed by atoms with E-state index in [1.807, 2.05) is 37.3 Å². The van der Waals surface area contributed by atoms with E-state index in [2.05, 4.69) is 43.4 Å². The summed E-state index contributed by atoms with van der Waals surface area (Å²) in [6.45, 7) is 7.21. The topological polar surface area (TPSA) is 49.4 Å². The molecule has 5 heteroatoms. The van der Waals surface area contributed by atoms with Gasteiger partial charge in [0, 0.05) is 18.8 Å². The number of hydrogen-bond donors (Lipinski definition) is 1. The van der Waals surface area contributed by atoms with Crippen LogP contribution in [0.25, 0.3) is 0 Å². The first-order chi connectivity index (χ1) is 14.5. The first-order valence-electron chi connectivity index (χ1n) is 10.8. The minimum Gasteiger partial charge on any atom is -0.354 e. The molecule has 0 radical (unpaired) electrons. The van der Waals surface area contributed by atoms with Crippen LogP contribution in [0.3, 0.4) is 0 Å². The third-order valence-corrected chi connectivity index (χ3v) is 6.19. The molecule has 2 aromatic rings. The van der Waals surface area contributed by atoms with Crippen molar-refractivity contribution < 1.29 is 9.59 Å². The number of benzene rings is 2. The van der Waals surface area contributed by atoms with Crippen molar-refractivity contribution in [2.24, 2.45) is 0 Å². The molecule has 0 bridgehead atoms. The van der Waals surface area contributed by atoms with Gasteiger partial charge < -0.3 is 10.2 Å². The van der Waals surface area contributed by atoms with Crippen LogP contribution in [-0.4, -0.2) is 41.6 Å². The molecule has 0 saturated heterocycles. The van der Waals surface area contributed by atoms with Crippen LogP contribution in [0, 0.1) is 6.92 Å². The van der Waals surface area contributed by atoms with E-state index in [1.165, 1.54) is 16.7 Å². The van der Waals surface area contributed by atoms with Crippen molar-refractivity contribution in [3.63, 3.8) is 0 Å². The maximum Gasteiger partial charge on any atom is 0.242 e. The number of nitrogens with one attached hydrogen (secondary N) is 1. The lowest BCUT2D eigenvalue weighted by Crippen LogP contribution is -2.49.